The first-order valence-electron chi connectivity index (χ1n) is 13.7. The molecule has 42 heavy (non-hydrogen) atoms. The van der Waals surface area contributed by atoms with Crippen LogP contribution in [-0.2, 0) is 4.79 Å². The zero-order valence-corrected chi connectivity index (χ0v) is 23.1. The van der Waals surface area contributed by atoms with E-state index in [1.54, 1.807) is 6.08 Å². The first kappa shape index (κ1) is 30.6. The minimum Gasteiger partial charge on any atom is -0.394 e. The Morgan fingerprint density at radius 3 is 1.74 bits per heavy atom. The molecule has 5 rings (SSSR count). The Morgan fingerprint density at radius 1 is 0.667 bits per heavy atom. The molecule has 4 atom stereocenters. The third-order valence-corrected chi connectivity index (χ3v) is 6.99. The van der Waals surface area contributed by atoms with Gasteiger partial charge in [0, 0.05) is 6.08 Å². The molecule has 7 N–H and O–H groups in total. The minimum absolute atomic E-state index is 0.325. The highest BCUT2D eigenvalue weighted by Gasteiger charge is 2.22. The molecule has 0 saturated carbocycles. The SMILES string of the molecule is N[C@H](c1ccc2ccccc2c1)C(O)CO.O=C(/C=C/c1ccccc1)N[C@H](c1ccc2ccccc2c1)[C@H](O)CO. The standard InChI is InChI=1S/C22H21NO3.C13H15NO2/c24-15-20(25)22(19-12-11-17-8-4-5-9-18(17)14-19)23-21(26)13-10-16-6-2-1-3-7-16;14-13(12(16)8-15)11-6-5-9-3-1-2-4-10(9)7-11/h1-14,20,22,24-25H,15H2,(H,23,26);1-7,12-13,15-16H,8,14H2/b13-10+;/t20-,22-;12?,13-/m11/s1. The minimum atomic E-state index is -1.09. The maximum atomic E-state index is 12.3. The summed E-state index contributed by atoms with van der Waals surface area (Å²) in [5.74, 6) is -0.334. The van der Waals surface area contributed by atoms with Gasteiger partial charge in [0.25, 0.3) is 0 Å². The van der Waals surface area contributed by atoms with Gasteiger partial charge in [0.05, 0.1) is 31.4 Å². The molecule has 5 aromatic carbocycles. The number of aliphatic hydroxyl groups excluding tert-OH is 4. The lowest BCUT2D eigenvalue weighted by atomic mass is 9.98. The zero-order valence-electron chi connectivity index (χ0n) is 23.1. The van der Waals surface area contributed by atoms with Gasteiger partial charge in [-0.15, -0.1) is 0 Å². The fourth-order valence-electron chi connectivity index (χ4n) is 4.60. The lowest BCUT2D eigenvalue weighted by Crippen LogP contribution is -2.37. The van der Waals surface area contributed by atoms with Crippen molar-refractivity contribution in [2.24, 2.45) is 5.73 Å². The number of carbonyl (C=O) groups excluding carboxylic acids is 1. The van der Waals surface area contributed by atoms with Crippen LogP contribution >= 0.6 is 0 Å². The van der Waals surface area contributed by atoms with Crippen molar-refractivity contribution in [3.05, 3.63) is 138 Å². The summed E-state index contributed by atoms with van der Waals surface area (Å²) in [4.78, 5) is 12.3. The number of aliphatic hydroxyl groups is 4. The molecule has 5 aromatic rings. The van der Waals surface area contributed by atoms with Gasteiger partial charge in [-0.05, 0) is 56.4 Å². The van der Waals surface area contributed by atoms with Crippen LogP contribution in [-0.4, -0.2) is 51.8 Å². The molecule has 0 aromatic heterocycles. The molecule has 0 aliphatic rings. The van der Waals surface area contributed by atoms with Crippen LogP contribution in [0.5, 0.6) is 0 Å². The van der Waals surface area contributed by atoms with Crippen molar-refractivity contribution in [3.63, 3.8) is 0 Å². The molecular formula is C35H36N2O5. The van der Waals surface area contributed by atoms with Crippen molar-refractivity contribution in [1.29, 1.82) is 0 Å². The Labute approximate surface area is 245 Å². The highest BCUT2D eigenvalue weighted by atomic mass is 16.3. The predicted molar refractivity (Wildman–Crippen MR) is 167 cm³/mol. The Balaban J connectivity index is 0.000000216. The van der Waals surface area contributed by atoms with Crippen LogP contribution in [0.25, 0.3) is 27.6 Å². The van der Waals surface area contributed by atoms with Gasteiger partial charge in [0.2, 0.25) is 5.91 Å². The maximum absolute atomic E-state index is 12.3. The van der Waals surface area contributed by atoms with Gasteiger partial charge in [-0.3, -0.25) is 4.79 Å². The second-order valence-electron chi connectivity index (χ2n) is 9.97. The molecule has 1 unspecified atom stereocenters. The van der Waals surface area contributed by atoms with Crippen molar-refractivity contribution >= 4 is 33.5 Å². The van der Waals surface area contributed by atoms with E-state index in [9.17, 15) is 20.1 Å². The van der Waals surface area contributed by atoms with Crippen molar-refractivity contribution in [2.75, 3.05) is 13.2 Å². The number of hydrogen-bond donors (Lipinski definition) is 6. The maximum Gasteiger partial charge on any atom is 0.244 e. The van der Waals surface area contributed by atoms with Gasteiger partial charge in [0.1, 0.15) is 6.10 Å². The zero-order chi connectivity index (χ0) is 29.9. The number of nitrogens with one attached hydrogen (secondary N) is 1. The summed E-state index contributed by atoms with van der Waals surface area (Å²) in [6.07, 6.45) is 1.12. The van der Waals surface area contributed by atoms with E-state index < -0.39 is 30.9 Å². The lowest BCUT2D eigenvalue weighted by molar-refractivity contribution is -0.118. The number of hydrogen-bond acceptors (Lipinski definition) is 6. The van der Waals surface area contributed by atoms with Gasteiger partial charge in [-0.1, -0.05) is 103 Å². The highest BCUT2D eigenvalue weighted by Crippen LogP contribution is 2.23. The first-order chi connectivity index (χ1) is 20.4. The number of rotatable bonds is 9. The summed E-state index contributed by atoms with van der Waals surface area (Å²) in [7, 11) is 0. The van der Waals surface area contributed by atoms with Crippen molar-refractivity contribution in [1.82, 2.24) is 5.32 Å². The summed E-state index contributed by atoms with van der Waals surface area (Å²) in [5, 5.41) is 45.0. The number of benzene rings is 5. The molecule has 0 fully saturated rings. The Hall–Kier alpha value is -4.37. The van der Waals surface area contributed by atoms with Gasteiger partial charge in [-0.25, -0.2) is 0 Å². The summed E-state index contributed by atoms with van der Waals surface area (Å²) < 4.78 is 0. The van der Waals surface area contributed by atoms with E-state index in [1.807, 2.05) is 115 Å². The Kier molecular flexibility index (Phi) is 10.9. The quantitative estimate of drug-likeness (QED) is 0.148. The predicted octanol–water partition coefficient (Wildman–Crippen LogP) is 4.26. The van der Waals surface area contributed by atoms with Crippen LogP contribution in [0.15, 0.2) is 121 Å². The molecule has 0 radical (unpaired) electrons. The number of fused-ring (bicyclic) bond motifs is 2. The fourth-order valence-corrected chi connectivity index (χ4v) is 4.60. The molecule has 7 heteroatoms. The van der Waals surface area contributed by atoms with Crippen LogP contribution in [0.3, 0.4) is 0 Å². The first-order valence-corrected chi connectivity index (χ1v) is 13.7. The number of carbonyl (C=O) groups is 1. The molecule has 1 amide bonds. The Morgan fingerprint density at radius 2 is 1.17 bits per heavy atom. The normalized spacial score (nSPS) is 14.1. The lowest BCUT2D eigenvalue weighted by Gasteiger charge is -2.23. The van der Waals surface area contributed by atoms with E-state index >= 15 is 0 Å². The van der Waals surface area contributed by atoms with Crippen molar-refractivity contribution in [3.8, 4) is 0 Å². The summed E-state index contributed by atoms with van der Waals surface area (Å²) in [6, 6.07) is 35.6. The van der Waals surface area contributed by atoms with Gasteiger partial charge >= 0.3 is 0 Å². The van der Waals surface area contributed by atoms with Crippen molar-refractivity contribution < 1.29 is 25.2 Å². The number of nitrogens with two attached hydrogens (primary N) is 1. The van der Waals surface area contributed by atoms with E-state index in [4.69, 9.17) is 10.8 Å². The molecule has 0 bridgehead atoms. The van der Waals surface area contributed by atoms with Crippen LogP contribution in [0.4, 0.5) is 0 Å². The van der Waals surface area contributed by atoms with Gasteiger partial charge < -0.3 is 31.5 Å². The van der Waals surface area contributed by atoms with Gasteiger partial charge in [-0.2, -0.15) is 0 Å². The summed E-state index contributed by atoms with van der Waals surface area (Å²) >= 11 is 0. The highest BCUT2D eigenvalue weighted by molar-refractivity contribution is 5.92. The molecule has 0 saturated heterocycles. The van der Waals surface area contributed by atoms with Crippen molar-refractivity contribution in [2.45, 2.75) is 24.3 Å². The molecule has 0 aliphatic carbocycles. The second kappa shape index (κ2) is 15.0. The van der Waals surface area contributed by atoms with Crippen LogP contribution in [0, 0.1) is 0 Å². The van der Waals surface area contributed by atoms with E-state index in [-0.39, 0.29) is 12.5 Å². The molecule has 0 aliphatic heterocycles. The molecule has 0 spiro atoms. The third-order valence-electron chi connectivity index (χ3n) is 6.99. The molecule has 216 valence electrons. The topological polar surface area (TPSA) is 136 Å². The number of amides is 1. The van der Waals surface area contributed by atoms with E-state index in [1.165, 1.54) is 6.08 Å². The second-order valence-corrected chi connectivity index (χ2v) is 9.97. The molecule has 7 nitrogen and oxygen atoms in total. The van der Waals surface area contributed by atoms with Crippen LogP contribution in [0.2, 0.25) is 0 Å². The molecule has 0 heterocycles. The monoisotopic (exact) mass is 564 g/mol. The van der Waals surface area contributed by atoms with E-state index in [0.717, 1.165) is 38.2 Å². The van der Waals surface area contributed by atoms with Crippen LogP contribution < -0.4 is 11.1 Å². The average molecular weight is 565 g/mol. The average Bonchev–Trinajstić information content (AvgIpc) is 3.05. The van der Waals surface area contributed by atoms with E-state index in [0.29, 0.717) is 0 Å². The largest absolute Gasteiger partial charge is 0.394 e. The molecular weight excluding hydrogens is 528 g/mol. The smallest absolute Gasteiger partial charge is 0.244 e. The fraction of sp³-hybridized carbons (Fsp3) is 0.171. The summed E-state index contributed by atoms with van der Waals surface area (Å²) in [5.41, 5.74) is 8.32. The third kappa shape index (κ3) is 8.10. The van der Waals surface area contributed by atoms with Gasteiger partial charge in [0.15, 0.2) is 0 Å². The van der Waals surface area contributed by atoms with Crippen LogP contribution in [0.1, 0.15) is 28.8 Å². The Bertz CT molecular complexity index is 1620. The van der Waals surface area contributed by atoms with E-state index in [2.05, 4.69) is 5.32 Å². The summed E-state index contributed by atoms with van der Waals surface area (Å²) in [6.45, 7) is -0.770.